The fraction of sp³-hybridized carbons (Fsp3) is 0.818. The molecule has 0 aliphatic carbocycles. The number of rotatable bonds is 2. The van der Waals surface area contributed by atoms with Gasteiger partial charge in [0.05, 0.1) is 18.5 Å². The van der Waals surface area contributed by atoms with Gasteiger partial charge in [-0.1, -0.05) is 0 Å². The minimum atomic E-state index is 0.178. The lowest BCUT2D eigenvalue weighted by atomic mass is 10.2. The molecular weight excluding hydrogens is 192 g/mol. The van der Waals surface area contributed by atoms with Crippen LogP contribution in [0, 0.1) is 0 Å². The highest BCUT2D eigenvalue weighted by atomic mass is 16.5. The highest BCUT2D eigenvalue weighted by Crippen LogP contribution is 2.19. The smallest absolute Gasteiger partial charge is 0.193 e. The van der Waals surface area contributed by atoms with Gasteiger partial charge in [0.2, 0.25) is 0 Å². The SMILES string of the molecule is CC1N=C(CC2=NC(C)C(C)O2)OC1C. The molecule has 0 fully saturated rings. The van der Waals surface area contributed by atoms with Gasteiger partial charge in [0.1, 0.15) is 12.2 Å². The molecule has 0 aromatic rings. The molecule has 0 spiro atoms. The van der Waals surface area contributed by atoms with Crippen molar-refractivity contribution in [3.8, 4) is 0 Å². The fourth-order valence-electron chi connectivity index (χ4n) is 1.66. The maximum Gasteiger partial charge on any atom is 0.193 e. The van der Waals surface area contributed by atoms with Crippen molar-refractivity contribution in [1.82, 2.24) is 0 Å². The van der Waals surface area contributed by atoms with Crippen LogP contribution in [0.2, 0.25) is 0 Å². The van der Waals surface area contributed by atoms with Crippen LogP contribution in [0.1, 0.15) is 34.1 Å². The van der Waals surface area contributed by atoms with Gasteiger partial charge in [-0.3, -0.25) is 0 Å². The standard InChI is InChI=1S/C11H18N2O2/c1-6-8(3)14-10(12-6)5-11-13-7(2)9(4)15-11/h6-9H,5H2,1-4H3. The van der Waals surface area contributed by atoms with Crippen LogP contribution < -0.4 is 0 Å². The van der Waals surface area contributed by atoms with Crippen molar-refractivity contribution in [2.24, 2.45) is 9.98 Å². The van der Waals surface area contributed by atoms with E-state index in [1.54, 1.807) is 0 Å². The summed E-state index contributed by atoms with van der Waals surface area (Å²) in [7, 11) is 0. The molecule has 0 saturated carbocycles. The van der Waals surface area contributed by atoms with E-state index >= 15 is 0 Å². The zero-order chi connectivity index (χ0) is 11.0. The number of hydrogen-bond donors (Lipinski definition) is 0. The molecule has 84 valence electrons. The molecule has 0 radical (unpaired) electrons. The summed E-state index contributed by atoms with van der Waals surface area (Å²) >= 11 is 0. The van der Waals surface area contributed by atoms with E-state index in [0.29, 0.717) is 6.42 Å². The van der Waals surface area contributed by atoms with Gasteiger partial charge in [0.15, 0.2) is 11.8 Å². The van der Waals surface area contributed by atoms with Gasteiger partial charge >= 0.3 is 0 Å². The molecule has 4 heteroatoms. The summed E-state index contributed by atoms with van der Waals surface area (Å²) in [4.78, 5) is 8.83. The molecule has 2 aliphatic rings. The Bertz CT molecular complexity index is 282. The molecule has 4 atom stereocenters. The minimum Gasteiger partial charge on any atom is -0.475 e. The van der Waals surface area contributed by atoms with E-state index in [0.717, 1.165) is 11.8 Å². The molecule has 2 rings (SSSR count). The average molecular weight is 210 g/mol. The lowest BCUT2D eigenvalue weighted by Crippen LogP contribution is -2.17. The van der Waals surface area contributed by atoms with Crippen molar-refractivity contribution in [3.63, 3.8) is 0 Å². The lowest BCUT2D eigenvalue weighted by Gasteiger charge is -2.09. The summed E-state index contributed by atoms with van der Waals surface area (Å²) in [5, 5.41) is 0. The van der Waals surface area contributed by atoms with Gasteiger partial charge in [-0.2, -0.15) is 0 Å². The topological polar surface area (TPSA) is 43.2 Å². The molecule has 4 nitrogen and oxygen atoms in total. The molecule has 15 heavy (non-hydrogen) atoms. The molecule has 2 aliphatic heterocycles. The van der Waals surface area contributed by atoms with E-state index in [9.17, 15) is 0 Å². The van der Waals surface area contributed by atoms with Gasteiger partial charge in [-0.25, -0.2) is 9.98 Å². The first-order valence-corrected chi connectivity index (χ1v) is 5.53. The van der Waals surface area contributed by atoms with Crippen LogP contribution >= 0.6 is 0 Å². The second kappa shape index (κ2) is 3.83. The van der Waals surface area contributed by atoms with Gasteiger partial charge in [0, 0.05) is 0 Å². The van der Waals surface area contributed by atoms with Crippen LogP contribution in [-0.4, -0.2) is 36.1 Å². The maximum absolute atomic E-state index is 5.60. The Hall–Kier alpha value is -1.06. The summed E-state index contributed by atoms with van der Waals surface area (Å²) in [6, 6.07) is 0.494. The fourth-order valence-corrected chi connectivity index (χ4v) is 1.66. The third kappa shape index (κ3) is 2.13. The largest absolute Gasteiger partial charge is 0.475 e. The number of nitrogens with zero attached hydrogens (tertiary/aromatic N) is 2. The van der Waals surface area contributed by atoms with Crippen molar-refractivity contribution in [2.75, 3.05) is 0 Å². The number of ether oxygens (including phenoxy) is 2. The van der Waals surface area contributed by atoms with Crippen LogP contribution in [0.5, 0.6) is 0 Å². The normalized spacial score (nSPS) is 39.5. The third-order valence-corrected chi connectivity index (χ3v) is 3.00. The van der Waals surface area contributed by atoms with E-state index in [-0.39, 0.29) is 24.3 Å². The Morgan fingerprint density at radius 3 is 1.53 bits per heavy atom. The monoisotopic (exact) mass is 210 g/mol. The molecule has 2 heterocycles. The second-order valence-electron chi connectivity index (χ2n) is 4.35. The molecular formula is C11H18N2O2. The molecule has 0 saturated heterocycles. The Labute approximate surface area is 90.4 Å². The Morgan fingerprint density at radius 1 is 0.867 bits per heavy atom. The first-order chi connectivity index (χ1) is 7.06. The quantitative estimate of drug-likeness (QED) is 0.697. The summed E-state index contributed by atoms with van der Waals surface area (Å²) in [5.74, 6) is 1.52. The van der Waals surface area contributed by atoms with E-state index in [4.69, 9.17) is 9.47 Å². The van der Waals surface area contributed by atoms with Crippen LogP contribution in [0.25, 0.3) is 0 Å². The molecule has 0 bridgehead atoms. The van der Waals surface area contributed by atoms with Crippen LogP contribution in [0.4, 0.5) is 0 Å². The summed E-state index contributed by atoms with van der Waals surface area (Å²) in [6.07, 6.45) is 0.956. The van der Waals surface area contributed by atoms with Crippen molar-refractivity contribution < 1.29 is 9.47 Å². The van der Waals surface area contributed by atoms with E-state index in [1.165, 1.54) is 0 Å². The third-order valence-electron chi connectivity index (χ3n) is 3.00. The molecule has 4 unspecified atom stereocenters. The van der Waals surface area contributed by atoms with Gasteiger partial charge in [-0.15, -0.1) is 0 Å². The zero-order valence-corrected chi connectivity index (χ0v) is 9.73. The van der Waals surface area contributed by atoms with Gasteiger partial charge in [-0.05, 0) is 27.7 Å². The van der Waals surface area contributed by atoms with Crippen molar-refractivity contribution in [3.05, 3.63) is 0 Å². The molecule has 0 aromatic carbocycles. The summed E-state index contributed by atoms with van der Waals surface area (Å²) in [6.45, 7) is 8.17. The minimum absolute atomic E-state index is 0.178. The molecule has 0 aromatic heterocycles. The van der Waals surface area contributed by atoms with Gasteiger partial charge in [0.25, 0.3) is 0 Å². The lowest BCUT2D eigenvalue weighted by molar-refractivity contribution is 0.204. The summed E-state index contributed by atoms with van der Waals surface area (Å²) in [5.41, 5.74) is 0. The summed E-state index contributed by atoms with van der Waals surface area (Å²) < 4.78 is 11.2. The predicted octanol–water partition coefficient (Wildman–Crippen LogP) is 1.79. The second-order valence-corrected chi connectivity index (χ2v) is 4.35. The first kappa shape index (κ1) is 10.5. The van der Waals surface area contributed by atoms with Crippen LogP contribution in [-0.2, 0) is 9.47 Å². The van der Waals surface area contributed by atoms with Crippen molar-refractivity contribution in [2.45, 2.75) is 58.4 Å². The van der Waals surface area contributed by atoms with Crippen molar-refractivity contribution in [1.29, 1.82) is 0 Å². The van der Waals surface area contributed by atoms with E-state index in [1.807, 2.05) is 13.8 Å². The average Bonchev–Trinajstić information content (AvgIpc) is 2.59. The first-order valence-electron chi connectivity index (χ1n) is 5.53. The number of hydrogen-bond acceptors (Lipinski definition) is 4. The predicted molar refractivity (Wildman–Crippen MR) is 59.5 cm³/mol. The van der Waals surface area contributed by atoms with E-state index < -0.39 is 0 Å². The van der Waals surface area contributed by atoms with Gasteiger partial charge < -0.3 is 9.47 Å². The molecule has 0 N–H and O–H groups in total. The zero-order valence-electron chi connectivity index (χ0n) is 9.73. The van der Waals surface area contributed by atoms with Crippen LogP contribution in [0.3, 0.4) is 0 Å². The van der Waals surface area contributed by atoms with Crippen LogP contribution in [0.15, 0.2) is 9.98 Å². The number of aliphatic imine (C=N–C) groups is 2. The van der Waals surface area contributed by atoms with E-state index in [2.05, 4.69) is 23.8 Å². The highest BCUT2D eigenvalue weighted by molar-refractivity contribution is 5.98. The Morgan fingerprint density at radius 2 is 1.27 bits per heavy atom. The highest BCUT2D eigenvalue weighted by Gasteiger charge is 2.28. The Balaban J connectivity index is 1.94. The molecule has 0 amide bonds. The maximum atomic E-state index is 5.60. The van der Waals surface area contributed by atoms with Crippen molar-refractivity contribution >= 4 is 11.8 Å². The Kier molecular flexibility index (Phi) is 2.67.